The fourth-order valence-electron chi connectivity index (χ4n) is 4.52. The maximum atomic E-state index is 12.5. The van der Waals surface area contributed by atoms with E-state index in [0.717, 1.165) is 29.5 Å². The van der Waals surface area contributed by atoms with E-state index in [1.165, 1.54) is 11.8 Å². The first kappa shape index (κ1) is 30.6. The monoisotopic (exact) mass is 580 g/mol. The number of aliphatic hydroxyl groups excluding tert-OH is 1. The summed E-state index contributed by atoms with van der Waals surface area (Å²) in [5.74, 6) is 0.172. The zero-order valence-corrected chi connectivity index (χ0v) is 23.6. The molecular weight excluding hydrogens is 544 g/mol. The molecule has 1 aliphatic heterocycles. The standard InChI is InChI=1S/C30H36N4O6S/c35-19-21-11-13-22(14-12-21)26-18-25(20-41-30-31-15-6-16-32-30)39-29(40-26)23-7-5-8-24(17-23)33-27(36)9-3-1-2-4-10-28(37)34-38/h5-8,11-17,25-26,29,35,38H,1-4,9-10,18-20H2,(H,33,36)(H,34,37)/t25-,26+,29+/m1/s1. The Labute approximate surface area is 243 Å². The van der Waals surface area contributed by atoms with E-state index >= 15 is 0 Å². The van der Waals surface area contributed by atoms with E-state index in [1.807, 2.05) is 48.5 Å². The zero-order valence-electron chi connectivity index (χ0n) is 22.8. The van der Waals surface area contributed by atoms with Gasteiger partial charge in [-0.05, 0) is 42.2 Å². The highest BCUT2D eigenvalue weighted by Crippen LogP contribution is 2.39. The number of benzene rings is 2. The molecule has 0 unspecified atom stereocenters. The Morgan fingerprint density at radius 3 is 2.34 bits per heavy atom. The summed E-state index contributed by atoms with van der Waals surface area (Å²) >= 11 is 1.53. The number of carbonyl (C=O) groups is 2. The fraction of sp³-hybridized carbons (Fsp3) is 0.400. The Bertz CT molecular complexity index is 1250. The number of thioether (sulfide) groups is 1. The van der Waals surface area contributed by atoms with Crippen LogP contribution in [0.5, 0.6) is 0 Å². The Morgan fingerprint density at radius 2 is 1.63 bits per heavy atom. The van der Waals surface area contributed by atoms with Crippen molar-refractivity contribution in [2.45, 2.75) is 75.2 Å². The molecule has 1 saturated heterocycles. The SMILES string of the molecule is O=C(CCCCCCC(=O)Nc1cccc([C@H]2O[C@@H](CSc3ncccn3)C[C@@H](c3ccc(CO)cc3)O2)c1)NO. The molecule has 4 rings (SSSR count). The number of anilines is 1. The molecule has 0 aliphatic carbocycles. The quantitative estimate of drug-likeness (QED) is 0.0674. The summed E-state index contributed by atoms with van der Waals surface area (Å²) in [6, 6.07) is 17.0. The van der Waals surface area contributed by atoms with Crippen molar-refractivity contribution in [3.63, 3.8) is 0 Å². The lowest BCUT2D eigenvalue weighted by molar-refractivity contribution is -0.245. The van der Waals surface area contributed by atoms with Crippen LogP contribution in [-0.2, 0) is 25.7 Å². The number of carbonyl (C=O) groups excluding carboxylic acids is 2. The average molecular weight is 581 g/mol. The minimum Gasteiger partial charge on any atom is -0.392 e. The molecule has 1 aliphatic rings. The highest BCUT2D eigenvalue weighted by atomic mass is 32.2. The third kappa shape index (κ3) is 9.91. The van der Waals surface area contributed by atoms with Crippen LogP contribution >= 0.6 is 11.8 Å². The Hall–Kier alpha value is -3.35. The molecule has 0 radical (unpaired) electrons. The van der Waals surface area contributed by atoms with Gasteiger partial charge in [-0.25, -0.2) is 15.4 Å². The first-order valence-electron chi connectivity index (χ1n) is 13.8. The van der Waals surface area contributed by atoms with Crippen molar-refractivity contribution in [1.29, 1.82) is 0 Å². The lowest BCUT2D eigenvalue weighted by atomic mass is 10.0. The van der Waals surface area contributed by atoms with E-state index in [0.29, 0.717) is 42.3 Å². The molecule has 2 amide bonds. The number of nitrogens with one attached hydrogen (secondary N) is 2. The van der Waals surface area contributed by atoms with Crippen LogP contribution in [0.2, 0.25) is 0 Å². The molecule has 3 atom stereocenters. The lowest BCUT2D eigenvalue weighted by Crippen LogP contribution is -2.31. The average Bonchev–Trinajstić information content (AvgIpc) is 3.02. The first-order chi connectivity index (χ1) is 20.0. The molecule has 1 fully saturated rings. The van der Waals surface area contributed by atoms with Crippen molar-refractivity contribution >= 4 is 29.3 Å². The van der Waals surface area contributed by atoms with Crippen LogP contribution < -0.4 is 10.8 Å². The van der Waals surface area contributed by atoms with Crippen LogP contribution in [0.1, 0.15) is 74.0 Å². The predicted molar refractivity (Wildman–Crippen MR) is 154 cm³/mol. The molecule has 2 heterocycles. The first-order valence-corrected chi connectivity index (χ1v) is 14.8. The largest absolute Gasteiger partial charge is 0.392 e. The van der Waals surface area contributed by atoms with Crippen molar-refractivity contribution < 1.29 is 29.4 Å². The lowest BCUT2D eigenvalue weighted by Gasteiger charge is -2.36. The van der Waals surface area contributed by atoms with Gasteiger partial charge in [0.1, 0.15) is 0 Å². The number of unbranched alkanes of at least 4 members (excludes halogenated alkanes) is 3. The van der Waals surface area contributed by atoms with Gasteiger partial charge in [0.25, 0.3) is 0 Å². The zero-order chi connectivity index (χ0) is 28.9. The van der Waals surface area contributed by atoms with Crippen molar-refractivity contribution in [1.82, 2.24) is 15.4 Å². The second kappa shape index (κ2) is 16.2. The van der Waals surface area contributed by atoms with Crippen molar-refractivity contribution in [2.24, 2.45) is 0 Å². The topological polar surface area (TPSA) is 143 Å². The summed E-state index contributed by atoms with van der Waals surface area (Å²) < 4.78 is 12.8. The van der Waals surface area contributed by atoms with Crippen LogP contribution in [0, 0.1) is 0 Å². The van der Waals surface area contributed by atoms with Gasteiger partial charge in [-0.2, -0.15) is 0 Å². The van der Waals surface area contributed by atoms with Gasteiger partial charge in [0.2, 0.25) is 11.8 Å². The highest BCUT2D eigenvalue weighted by Gasteiger charge is 2.32. The molecule has 1 aromatic heterocycles. The van der Waals surface area contributed by atoms with Crippen LogP contribution in [-0.4, -0.2) is 44.0 Å². The van der Waals surface area contributed by atoms with Gasteiger partial charge in [-0.3, -0.25) is 14.8 Å². The van der Waals surface area contributed by atoms with Gasteiger partial charge in [0.15, 0.2) is 11.4 Å². The van der Waals surface area contributed by atoms with Crippen LogP contribution in [0.4, 0.5) is 5.69 Å². The van der Waals surface area contributed by atoms with Crippen molar-refractivity contribution in [2.75, 3.05) is 11.1 Å². The van der Waals surface area contributed by atoms with Crippen LogP contribution in [0.25, 0.3) is 0 Å². The van der Waals surface area contributed by atoms with Crippen molar-refractivity contribution in [3.8, 4) is 0 Å². The summed E-state index contributed by atoms with van der Waals surface area (Å²) in [5.41, 5.74) is 4.93. The van der Waals surface area contributed by atoms with Gasteiger partial charge < -0.3 is 19.9 Å². The molecule has 10 nitrogen and oxygen atoms in total. The van der Waals surface area contributed by atoms with Gasteiger partial charge in [-0.15, -0.1) is 0 Å². The minimum absolute atomic E-state index is 0.0181. The minimum atomic E-state index is -0.637. The van der Waals surface area contributed by atoms with Gasteiger partial charge in [0.05, 0.1) is 18.8 Å². The number of ether oxygens (including phenoxy) is 2. The number of aromatic nitrogens is 2. The normalized spacial score (nSPS) is 18.5. The number of amides is 2. The summed E-state index contributed by atoms with van der Waals surface area (Å²) in [5, 5.41) is 21.6. The smallest absolute Gasteiger partial charge is 0.243 e. The Kier molecular flexibility index (Phi) is 12.1. The maximum Gasteiger partial charge on any atom is 0.243 e. The van der Waals surface area contributed by atoms with E-state index in [1.54, 1.807) is 23.9 Å². The number of hydrogen-bond acceptors (Lipinski definition) is 9. The molecular formula is C30H36N4O6S. The van der Waals surface area contributed by atoms with E-state index in [2.05, 4.69) is 15.3 Å². The van der Waals surface area contributed by atoms with Gasteiger partial charge in [0, 0.05) is 48.7 Å². The fourth-order valence-corrected chi connectivity index (χ4v) is 5.34. The van der Waals surface area contributed by atoms with E-state index in [9.17, 15) is 14.7 Å². The third-order valence-electron chi connectivity index (χ3n) is 6.68. The number of nitrogens with zero attached hydrogens (tertiary/aromatic N) is 2. The summed E-state index contributed by atoms with van der Waals surface area (Å²) in [7, 11) is 0. The molecule has 3 aromatic rings. The highest BCUT2D eigenvalue weighted by molar-refractivity contribution is 7.99. The van der Waals surface area contributed by atoms with E-state index in [4.69, 9.17) is 14.7 Å². The van der Waals surface area contributed by atoms with E-state index in [-0.39, 0.29) is 31.1 Å². The molecule has 2 aromatic carbocycles. The predicted octanol–water partition coefficient (Wildman–Crippen LogP) is 5.09. The summed E-state index contributed by atoms with van der Waals surface area (Å²) in [6.07, 6.45) is 6.75. The molecule has 4 N–H and O–H groups in total. The van der Waals surface area contributed by atoms with Crippen LogP contribution in [0.15, 0.2) is 72.1 Å². The summed E-state index contributed by atoms with van der Waals surface area (Å²) in [6.45, 7) is -0.0181. The van der Waals surface area contributed by atoms with Gasteiger partial charge in [-0.1, -0.05) is 61.0 Å². The number of hydroxylamine groups is 1. The second-order valence-electron chi connectivity index (χ2n) is 9.82. The molecule has 0 saturated carbocycles. The van der Waals surface area contributed by atoms with E-state index < -0.39 is 12.2 Å². The molecule has 218 valence electrons. The molecule has 11 heteroatoms. The summed E-state index contributed by atoms with van der Waals surface area (Å²) in [4.78, 5) is 32.2. The third-order valence-corrected chi connectivity index (χ3v) is 7.69. The molecule has 0 bridgehead atoms. The number of rotatable bonds is 14. The van der Waals surface area contributed by atoms with Crippen molar-refractivity contribution in [3.05, 3.63) is 83.7 Å². The number of hydrogen-bond donors (Lipinski definition) is 4. The molecule has 0 spiro atoms. The van der Waals surface area contributed by atoms with Gasteiger partial charge >= 0.3 is 0 Å². The Balaban J connectivity index is 1.37. The molecule has 41 heavy (non-hydrogen) atoms. The second-order valence-corrected chi connectivity index (χ2v) is 10.8. The Morgan fingerprint density at radius 1 is 0.902 bits per heavy atom. The maximum absolute atomic E-state index is 12.5. The van der Waals surface area contributed by atoms with Crippen LogP contribution in [0.3, 0.4) is 0 Å². The number of aliphatic hydroxyl groups is 1.